The van der Waals surface area contributed by atoms with E-state index in [1.165, 1.54) is 12.8 Å². The largest absolute Gasteiger partial charge is 0.472 e. The molecular weight excluding hydrogens is 978 g/mol. The third kappa shape index (κ3) is 60.2. The van der Waals surface area contributed by atoms with E-state index in [4.69, 9.17) is 24.3 Å². The van der Waals surface area contributed by atoms with Crippen LogP contribution in [0.5, 0.6) is 0 Å². The Morgan fingerprint density at radius 2 is 0.675 bits per heavy atom. The van der Waals surface area contributed by atoms with Crippen LogP contribution >= 0.6 is 7.82 Å². The SMILES string of the molecule is CC/C=C\C/C=C\C/C=C\C/C=C\C/C=C\C/C=C\C/C=C\C/C=C\C/C=C\CCCCCCCCCC(=O)OC(COC(=O)CCCC/C=C\C/C=C\C/C=C\C/C=C\C/C=C\C/C=C\CC)COP(=O)(O)OCCN. The van der Waals surface area contributed by atoms with Gasteiger partial charge in [0.05, 0.1) is 13.2 Å². The molecule has 0 aliphatic heterocycles. The second-order valence-corrected chi connectivity index (χ2v) is 19.8. The first-order valence-corrected chi connectivity index (χ1v) is 30.8. The van der Waals surface area contributed by atoms with E-state index in [-0.39, 0.29) is 32.6 Å². The van der Waals surface area contributed by atoms with Gasteiger partial charge in [0.15, 0.2) is 6.10 Å². The number of ether oxygens (including phenoxy) is 2. The summed E-state index contributed by atoms with van der Waals surface area (Å²) in [5.74, 6) is -0.909. The number of carbonyl (C=O) groups is 2. The van der Waals surface area contributed by atoms with E-state index in [2.05, 4.69) is 196 Å². The zero-order chi connectivity index (χ0) is 55.9. The van der Waals surface area contributed by atoms with Crippen LogP contribution in [0.25, 0.3) is 0 Å². The second kappa shape index (κ2) is 60.3. The molecule has 77 heavy (non-hydrogen) atoms. The third-order valence-electron chi connectivity index (χ3n) is 11.3. The average molecular weight is 1080 g/mol. The lowest BCUT2D eigenvalue weighted by Crippen LogP contribution is -2.29. The quantitative estimate of drug-likeness (QED) is 0.0264. The fraction of sp³-hybridized carbons (Fsp3) is 0.522. The lowest BCUT2D eigenvalue weighted by Gasteiger charge is -2.19. The van der Waals surface area contributed by atoms with Crippen LogP contribution in [0.1, 0.15) is 194 Å². The summed E-state index contributed by atoms with van der Waals surface area (Å²) in [6.07, 6.45) is 90.9. The maximum atomic E-state index is 12.7. The van der Waals surface area contributed by atoms with Crippen LogP contribution < -0.4 is 5.73 Å². The Morgan fingerprint density at radius 3 is 1.03 bits per heavy atom. The van der Waals surface area contributed by atoms with Gasteiger partial charge in [-0.1, -0.05) is 228 Å². The van der Waals surface area contributed by atoms with Crippen molar-refractivity contribution in [3.8, 4) is 0 Å². The fourth-order valence-corrected chi connectivity index (χ4v) is 7.81. The Morgan fingerprint density at radius 1 is 0.390 bits per heavy atom. The molecule has 0 heterocycles. The van der Waals surface area contributed by atoms with Crippen LogP contribution in [0.4, 0.5) is 0 Å². The molecule has 0 aliphatic rings. The lowest BCUT2D eigenvalue weighted by molar-refractivity contribution is -0.161. The van der Waals surface area contributed by atoms with Crippen LogP contribution in [0, 0.1) is 0 Å². The normalized spacial score (nSPS) is 14.4. The number of carbonyl (C=O) groups excluding carboxylic acids is 2. The van der Waals surface area contributed by atoms with Crippen molar-refractivity contribution in [3.05, 3.63) is 182 Å². The standard InChI is InChI=1S/C67H104NO8P/c1-3-5-7-9-11-13-15-17-19-21-23-25-26-27-28-29-30-31-32-33-34-35-36-37-38-40-42-44-46-48-50-52-54-56-58-60-67(70)76-65(64-75-77(71,72)74-62-61-68)63-73-66(69)59-57-55-53-51-49-47-45-43-41-39-24-22-20-18-16-14-12-10-8-6-4-2/h5-8,11-14,17-20,23-25,27-28,30-31,33-34,36-37,39-40,42-43,45,49,51,65H,3-4,9-10,15-16,21-22,26,29,32,35,38,41,44,46-48,50,52-64,68H2,1-2H3,(H,71,72)/b7-5-,8-6-,13-11-,14-12-,19-17-,20-18-,25-23-,28-27-,31-30-,34-33-,37-36-,39-24-,42-40-,45-43-,51-49-. The molecule has 9 nitrogen and oxygen atoms in total. The highest BCUT2D eigenvalue weighted by Crippen LogP contribution is 2.43. The van der Waals surface area contributed by atoms with E-state index in [0.29, 0.717) is 12.8 Å². The van der Waals surface area contributed by atoms with Crippen molar-refractivity contribution in [1.29, 1.82) is 0 Å². The van der Waals surface area contributed by atoms with E-state index in [1.54, 1.807) is 0 Å². The first kappa shape index (κ1) is 72.1. The second-order valence-electron chi connectivity index (χ2n) is 18.4. The molecule has 0 bridgehead atoms. The van der Waals surface area contributed by atoms with Gasteiger partial charge in [-0.15, -0.1) is 0 Å². The van der Waals surface area contributed by atoms with Gasteiger partial charge in [0.2, 0.25) is 0 Å². The monoisotopic (exact) mass is 1080 g/mol. The summed E-state index contributed by atoms with van der Waals surface area (Å²) in [5, 5.41) is 0. The maximum Gasteiger partial charge on any atom is 0.472 e. The van der Waals surface area contributed by atoms with Crippen molar-refractivity contribution in [2.24, 2.45) is 5.73 Å². The van der Waals surface area contributed by atoms with Crippen LogP contribution in [0.3, 0.4) is 0 Å². The summed E-state index contributed by atoms with van der Waals surface area (Å²) < 4.78 is 33.0. The van der Waals surface area contributed by atoms with Crippen LogP contribution in [-0.4, -0.2) is 49.3 Å². The van der Waals surface area contributed by atoms with Crippen molar-refractivity contribution in [1.82, 2.24) is 0 Å². The molecule has 0 aromatic rings. The number of esters is 2. The molecule has 0 aromatic heterocycles. The van der Waals surface area contributed by atoms with E-state index in [9.17, 15) is 19.0 Å². The molecule has 2 atom stereocenters. The molecule has 0 rings (SSSR count). The first-order chi connectivity index (χ1) is 37.8. The Labute approximate surface area is 469 Å². The van der Waals surface area contributed by atoms with Gasteiger partial charge in [0.25, 0.3) is 0 Å². The van der Waals surface area contributed by atoms with Gasteiger partial charge < -0.3 is 20.1 Å². The van der Waals surface area contributed by atoms with Gasteiger partial charge in [-0.25, -0.2) is 4.57 Å². The molecule has 0 aromatic carbocycles. The molecule has 3 N–H and O–H groups in total. The number of allylic oxidation sites excluding steroid dienone is 30. The zero-order valence-corrected chi connectivity index (χ0v) is 48.7. The minimum absolute atomic E-state index is 0.0343. The average Bonchev–Trinajstić information content (AvgIpc) is 3.42. The summed E-state index contributed by atoms with van der Waals surface area (Å²) in [6.45, 7) is 3.41. The molecule has 0 spiro atoms. The fourth-order valence-electron chi connectivity index (χ4n) is 7.04. The summed E-state index contributed by atoms with van der Waals surface area (Å²) in [6, 6.07) is 0. The molecule has 2 unspecified atom stereocenters. The number of phosphoric ester groups is 1. The number of hydrogen-bond acceptors (Lipinski definition) is 8. The van der Waals surface area contributed by atoms with Crippen LogP contribution in [0.2, 0.25) is 0 Å². The number of unbranched alkanes of at least 4 members (excludes halogenated alkanes) is 9. The van der Waals surface area contributed by atoms with Crippen molar-refractivity contribution in [2.75, 3.05) is 26.4 Å². The predicted octanol–water partition coefficient (Wildman–Crippen LogP) is 18.8. The van der Waals surface area contributed by atoms with Gasteiger partial charge in [-0.3, -0.25) is 18.6 Å². The van der Waals surface area contributed by atoms with E-state index < -0.39 is 32.5 Å². The summed E-state index contributed by atoms with van der Waals surface area (Å²) in [4.78, 5) is 35.2. The van der Waals surface area contributed by atoms with E-state index in [0.717, 1.165) is 141 Å². The Hall–Kier alpha value is -4.89. The molecule has 0 saturated heterocycles. The number of nitrogens with two attached hydrogens (primary N) is 1. The molecule has 0 radical (unpaired) electrons. The topological polar surface area (TPSA) is 134 Å². The zero-order valence-electron chi connectivity index (χ0n) is 47.9. The smallest absolute Gasteiger partial charge is 0.462 e. The first-order valence-electron chi connectivity index (χ1n) is 29.3. The third-order valence-corrected chi connectivity index (χ3v) is 12.3. The number of phosphoric acid groups is 1. The minimum Gasteiger partial charge on any atom is -0.462 e. The lowest BCUT2D eigenvalue weighted by atomic mass is 10.1. The number of rotatable bonds is 52. The minimum atomic E-state index is -4.42. The van der Waals surface area contributed by atoms with Gasteiger partial charge in [-0.2, -0.15) is 0 Å². The number of hydrogen-bond donors (Lipinski definition) is 2. The van der Waals surface area contributed by atoms with Crippen molar-refractivity contribution in [3.63, 3.8) is 0 Å². The van der Waals surface area contributed by atoms with Crippen molar-refractivity contribution < 1.29 is 37.6 Å². The summed E-state index contributed by atoms with van der Waals surface area (Å²) in [5.41, 5.74) is 5.38. The Kier molecular flexibility index (Phi) is 56.5. The summed E-state index contributed by atoms with van der Waals surface area (Å²) >= 11 is 0. The van der Waals surface area contributed by atoms with Crippen molar-refractivity contribution in [2.45, 2.75) is 200 Å². The predicted molar refractivity (Wildman–Crippen MR) is 329 cm³/mol. The van der Waals surface area contributed by atoms with Crippen LogP contribution in [0.15, 0.2) is 182 Å². The molecule has 0 amide bonds. The van der Waals surface area contributed by atoms with Crippen molar-refractivity contribution >= 4 is 19.8 Å². The van der Waals surface area contributed by atoms with Crippen LogP contribution in [-0.2, 0) is 32.7 Å². The van der Waals surface area contributed by atoms with Gasteiger partial charge in [-0.05, 0) is 135 Å². The molecule has 0 fully saturated rings. The molecular formula is C67H104NO8P. The van der Waals surface area contributed by atoms with E-state index >= 15 is 0 Å². The molecule has 10 heteroatoms. The summed E-state index contributed by atoms with van der Waals surface area (Å²) in [7, 11) is -4.42. The van der Waals surface area contributed by atoms with Gasteiger partial charge in [0, 0.05) is 19.4 Å². The Balaban J connectivity index is 4.13. The maximum absolute atomic E-state index is 12.7. The van der Waals surface area contributed by atoms with Gasteiger partial charge >= 0.3 is 19.8 Å². The molecule has 0 aliphatic carbocycles. The highest BCUT2D eigenvalue weighted by atomic mass is 31.2. The molecule has 0 saturated carbocycles. The van der Waals surface area contributed by atoms with E-state index in [1.807, 2.05) is 0 Å². The van der Waals surface area contributed by atoms with Gasteiger partial charge in [0.1, 0.15) is 6.61 Å². The Bertz CT molecular complexity index is 1910. The highest BCUT2D eigenvalue weighted by Gasteiger charge is 2.26. The highest BCUT2D eigenvalue weighted by molar-refractivity contribution is 7.47. The molecule has 430 valence electrons.